The monoisotopic (exact) mass is 407 g/mol. The Morgan fingerprint density at radius 3 is 2.90 bits per heavy atom. The number of allylic oxidation sites excluding steroid dienone is 2. The van der Waals surface area contributed by atoms with Crippen LogP contribution < -0.4 is 10.1 Å². The third-order valence-electron chi connectivity index (χ3n) is 6.00. The van der Waals surface area contributed by atoms with Crippen LogP contribution in [0.25, 0.3) is 0 Å². The Hall–Kier alpha value is -2.40. The zero-order chi connectivity index (χ0) is 19.8. The number of esters is 1. The first-order chi connectivity index (χ1) is 14.2. The molecule has 150 valence electrons. The minimum Gasteiger partial charge on any atom is -0.489 e. The largest absolute Gasteiger partial charge is 0.489 e. The van der Waals surface area contributed by atoms with Crippen LogP contribution in [0.4, 0.5) is 5.69 Å². The van der Waals surface area contributed by atoms with Crippen LogP contribution >= 0.6 is 11.8 Å². The molecule has 0 amide bonds. The second-order valence-corrected chi connectivity index (χ2v) is 8.92. The molecule has 1 fully saturated rings. The number of anilines is 1. The van der Waals surface area contributed by atoms with Crippen LogP contribution in [0.2, 0.25) is 0 Å². The molecule has 0 saturated carbocycles. The maximum absolute atomic E-state index is 12.2. The van der Waals surface area contributed by atoms with E-state index in [1.54, 1.807) is 0 Å². The number of benzene rings is 2. The van der Waals surface area contributed by atoms with Crippen molar-refractivity contribution in [1.82, 2.24) is 0 Å². The summed E-state index contributed by atoms with van der Waals surface area (Å²) in [4.78, 5) is 12.2. The highest BCUT2D eigenvalue weighted by atomic mass is 32.2. The van der Waals surface area contributed by atoms with Crippen molar-refractivity contribution in [2.24, 2.45) is 5.92 Å². The lowest BCUT2D eigenvalue weighted by Crippen LogP contribution is -2.31. The van der Waals surface area contributed by atoms with Gasteiger partial charge in [0.2, 0.25) is 0 Å². The van der Waals surface area contributed by atoms with Crippen molar-refractivity contribution >= 4 is 23.4 Å². The summed E-state index contributed by atoms with van der Waals surface area (Å²) >= 11 is 1.93. The number of hydrogen-bond donors (Lipinski definition) is 1. The third-order valence-corrected chi connectivity index (χ3v) is 7.22. The first-order valence-electron chi connectivity index (χ1n) is 10.3. The molecule has 2 aliphatic heterocycles. The van der Waals surface area contributed by atoms with Crippen LogP contribution in [-0.4, -0.2) is 30.2 Å². The third kappa shape index (κ3) is 3.52. The SMILES string of the molecule is CCOC(=O)c1ccc2c(c1)[C@@H]1C=CC[C@@H]1[C@H](c1cccc(OC3CSC3)c1)N2. The van der Waals surface area contributed by atoms with Crippen molar-refractivity contribution in [2.45, 2.75) is 31.4 Å². The standard InChI is InChI=1S/C24H25NO3S/c1-2-27-24(26)16-9-10-22-21(12-16)19-7-4-8-20(19)23(25-22)15-5-3-6-17(11-15)28-18-13-29-14-18/h3-7,9-12,18-20,23,25H,2,8,13-14H2,1H3/t19-,20+,23+/m1/s1. The highest BCUT2D eigenvalue weighted by Crippen LogP contribution is 2.50. The van der Waals surface area contributed by atoms with Gasteiger partial charge in [-0.1, -0.05) is 24.3 Å². The second kappa shape index (κ2) is 7.79. The van der Waals surface area contributed by atoms with E-state index >= 15 is 0 Å². The molecule has 0 spiro atoms. The van der Waals surface area contributed by atoms with Crippen molar-refractivity contribution in [3.63, 3.8) is 0 Å². The number of carbonyl (C=O) groups is 1. The molecule has 5 heteroatoms. The number of rotatable bonds is 5. The van der Waals surface area contributed by atoms with Gasteiger partial charge in [0.15, 0.2) is 0 Å². The highest BCUT2D eigenvalue weighted by Gasteiger charge is 2.38. The predicted octanol–water partition coefficient (Wildman–Crippen LogP) is 5.18. The van der Waals surface area contributed by atoms with Crippen LogP contribution in [0, 0.1) is 5.92 Å². The van der Waals surface area contributed by atoms with E-state index in [4.69, 9.17) is 9.47 Å². The summed E-state index contributed by atoms with van der Waals surface area (Å²) in [5.74, 6) is 3.59. The van der Waals surface area contributed by atoms with Crippen LogP contribution in [0.5, 0.6) is 5.75 Å². The molecule has 29 heavy (non-hydrogen) atoms. The molecule has 1 saturated heterocycles. The van der Waals surface area contributed by atoms with E-state index in [-0.39, 0.29) is 12.0 Å². The van der Waals surface area contributed by atoms with Crippen molar-refractivity contribution < 1.29 is 14.3 Å². The average molecular weight is 408 g/mol. The van der Waals surface area contributed by atoms with Gasteiger partial charge in [0.05, 0.1) is 18.2 Å². The molecule has 2 aromatic carbocycles. The molecule has 3 atom stereocenters. The van der Waals surface area contributed by atoms with Gasteiger partial charge in [-0.15, -0.1) is 0 Å². The van der Waals surface area contributed by atoms with Gasteiger partial charge in [-0.2, -0.15) is 11.8 Å². The Morgan fingerprint density at radius 2 is 2.10 bits per heavy atom. The van der Waals surface area contributed by atoms with Gasteiger partial charge in [0.1, 0.15) is 11.9 Å². The van der Waals surface area contributed by atoms with E-state index in [2.05, 4.69) is 41.7 Å². The maximum Gasteiger partial charge on any atom is 0.338 e. The molecule has 0 aromatic heterocycles. The van der Waals surface area contributed by atoms with E-state index in [9.17, 15) is 4.79 Å². The summed E-state index contributed by atoms with van der Waals surface area (Å²) in [6.45, 7) is 2.22. The Balaban J connectivity index is 1.44. The molecular weight excluding hydrogens is 382 g/mol. The van der Waals surface area contributed by atoms with E-state index in [1.807, 2.05) is 36.9 Å². The summed E-state index contributed by atoms with van der Waals surface area (Å²) in [5.41, 5.74) is 4.16. The summed E-state index contributed by atoms with van der Waals surface area (Å²) in [7, 11) is 0. The lowest BCUT2D eigenvalue weighted by Gasteiger charge is -2.38. The summed E-state index contributed by atoms with van der Waals surface area (Å²) in [6, 6.07) is 14.6. The number of ether oxygens (including phenoxy) is 2. The summed E-state index contributed by atoms with van der Waals surface area (Å²) in [5, 5.41) is 3.74. The summed E-state index contributed by atoms with van der Waals surface area (Å²) in [6.07, 6.45) is 5.92. The smallest absolute Gasteiger partial charge is 0.338 e. The first-order valence-corrected chi connectivity index (χ1v) is 11.5. The average Bonchev–Trinajstić information content (AvgIpc) is 3.20. The number of fused-ring (bicyclic) bond motifs is 3. The molecule has 1 aliphatic carbocycles. The van der Waals surface area contributed by atoms with Crippen molar-refractivity contribution in [2.75, 3.05) is 23.4 Å². The molecule has 4 nitrogen and oxygen atoms in total. The number of nitrogens with one attached hydrogen (secondary N) is 1. The first kappa shape index (κ1) is 18.6. The summed E-state index contributed by atoms with van der Waals surface area (Å²) < 4.78 is 11.3. The highest BCUT2D eigenvalue weighted by molar-refractivity contribution is 8.00. The second-order valence-electron chi connectivity index (χ2n) is 7.85. The van der Waals surface area contributed by atoms with Gasteiger partial charge >= 0.3 is 5.97 Å². The minimum atomic E-state index is -0.255. The molecule has 0 radical (unpaired) electrons. The number of thioether (sulfide) groups is 1. The quantitative estimate of drug-likeness (QED) is 0.546. The lowest BCUT2D eigenvalue weighted by molar-refractivity contribution is 0.0526. The molecule has 2 heterocycles. The van der Waals surface area contributed by atoms with Gasteiger partial charge in [-0.3, -0.25) is 0 Å². The molecule has 0 bridgehead atoms. The van der Waals surface area contributed by atoms with Crippen LogP contribution in [0.15, 0.2) is 54.6 Å². The Kier molecular flexibility index (Phi) is 5.00. The molecule has 1 N–H and O–H groups in total. The van der Waals surface area contributed by atoms with E-state index in [1.165, 1.54) is 11.1 Å². The molecule has 2 aromatic rings. The fourth-order valence-electron chi connectivity index (χ4n) is 4.52. The Morgan fingerprint density at radius 1 is 1.21 bits per heavy atom. The Bertz CT molecular complexity index is 953. The zero-order valence-electron chi connectivity index (χ0n) is 16.5. The lowest BCUT2D eigenvalue weighted by atomic mass is 9.76. The van der Waals surface area contributed by atoms with Crippen molar-refractivity contribution in [3.8, 4) is 5.75 Å². The molecular formula is C24H25NO3S. The fourth-order valence-corrected chi connectivity index (χ4v) is 5.09. The molecule has 3 aliphatic rings. The molecule has 0 unspecified atom stereocenters. The topological polar surface area (TPSA) is 47.6 Å². The Labute approximate surface area is 175 Å². The fraction of sp³-hybridized carbons (Fsp3) is 0.375. The normalized spacial score (nSPS) is 24.8. The van der Waals surface area contributed by atoms with Crippen molar-refractivity contribution in [1.29, 1.82) is 0 Å². The van der Waals surface area contributed by atoms with Crippen LogP contribution in [0.1, 0.15) is 46.8 Å². The van der Waals surface area contributed by atoms with Crippen LogP contribution in [0.3, 0.4) is 0 Å². The van der Waals surface area contributed by atoms with Gasteiger partial charge in [0.25, 0.3) is 0 Å². The zero-order valence-corrected chi connectivity index (χ0v) is 17.3. The van der Waals surface area contributed by atoms with Gasteiger partial charge < -0.3 is 14.8 Å². The van der Waals surface area contributed by atoms with E-state index in [0.29, 0.717) is 30.1 Å². The maximum atomic E-state index is 12.2. The van der Waals surface area contributed by atoms with Gasteiger partial charge in [0, 0.05) is 23.1 Å². The number of hydrogen-bond acceptors (Lipinski definition) is 5. The van der Waals surface area contributed by atoms with Crippen LogP contribution in [-0.2, 0) is 4.74 Å². The van der Waals surface area contributed by atoms with E-state index in [0.717, 1.165) is 29.4 Å². The number of carbonyl (C=O) groups excluding carboxylic acids is 1. The minimum absolute atomic E-state index is 0.218. The van der Waals surface area contributed by atoms with E-state index < -0.39 is 0 Å². The molecule has 5 rings (SSSR count). The van der Waals surface area contributed by atoms with Crippen molar-refractivity contribution in [3.05, 3.63) is 71.3 Å². The van der Waals surface area contributed by atoms with Gasteiger partial charge in [-0.05, 0) is 60.7 Å². The van der Waals surface area contributed by atoms with Gasteiger partial charge in [-0.25, -0.2) is 4.79 Å². The predicted molar refractivity (Wildman–Crippen MR) is 117 cm³/mol.